The van der Waals surface area contributed by atoms with Crippen molar-refractivity contribution in [2.45, 2.75) is 59.4 Å². The maximum atomic E-state index is 12.1. The first-order valence-corrected chi connectivity index (χ1v) is 10.7. The lowest BCUT2D eigenvalue weighted by atomic mass is 10.1. The number of hydrogen-bond acceptors (Lipinski definition) is 3. The van der Waals surface area contributed by atoms with Gasteiger partial charge in [-0.15, -0.1) is 0 Å². The quantitative estimate of drug-likeness (QED) is 0.387. The third-order valence-electron chi connectivity index (χ3n) is 4.87. The molecule has 0 aliphatic carbocycles. The Hall–Kier alpha value is -2.24. The van der Waals surface area contributed by atoms with E-state index < -0.39 is 0 Å². The Kier molecular flexibility index (Phi) is 9.66. The molecule has 0 radical (unpaired) electrons. The Morgan fingerprint density at radius 2 is 2.07 bits per heavy atom. The van der Waals surface area contributed by atoms with Crippen molar-refractivity contribution in [3.05, 3.63) is 29.3 Å². The molecule has 1 heterocycles. The summed E-state index contributed by atoms with van der Waals surface area (Å²) in [5.41, 5.74) is 2.29. The lowest BCUT2D eigenvalue weighted by molar-refractivity contribution is -0.130. The van der Waals surface area contributed by atoms with E-state index in [2.05, 4.69) is 41.6 Å². The summed E-state index contributed by atoms with van der Waals surface area (Å²) < 4.78 is 5.60. The summed E-state index contributed by atoms with van der Waals surface area (Å²) >= 11 is 0. The zero-order valence-corrected chi connectivity index (χ0v) is 17.7. The lowest BCUT2D eigenvalue weighted by Crippen LogP contribution is -2.39. The second-order valence-corrected chi connectivity index (χ2v) is 7.20. The number of benzene rings is 1. The number of amides is 1. The van der Waals surface area contributed by atoms with Gasteiger partial charge < -0.3 is 20.3 Å². The van der Waals surface area contributed by atoms with Gasteiger partial charge in [-0.1, -0.05) is 18.6 Å². The second kappa shape index (κ2) is 12.3. The summed E-state index contributed by atoms with van der Waals surface area (Å²) in [7, 11) is 0. The Bertz CT molecular complexity index is 645. The van der Waals surface area contributed by atoms with Crippen LogP contribution in [0.3, 0.4) is 0 Å². The van der Waals surface area contributed by atoms with Crippen LogP contribution in [-0.2, 0) is 11.3 Å². The molecule has 0 spiro atoms. The van der Waals surface area contributed by atoms with Crippen molar-refractivity contribution in [3.63, 3.8) is 0 Å². The number of carbonyl (C=O) groups excluding carboxylic acids is 1. The van der Waals surface area contributed by atoms with Crippen LogP contribution in [0.25, 0.3) is 0 Å². The average molecular weight is 389 g/mol. The SMILES string of the molecule is CCNC(=NCc1ccc(OCC)c(C)c1)NCCCN1CCCCCC1=O. The number of hydrogen-bond donors (Lipinski definition) is 2. The molecule has 1 aromatic rings. The van der Waals surface area contributed by atoms with Crippen LogP contribution in [0.5, 0.6) is 5.75 Å². The van der Waals surface area contributed by atoms with Gasteiger partial charge in [-0.05, 0) is 57.2 Å². The zero-order valence-electron chi connectivity index (χ0n) is 17.7. The van der Waals surface area contributed by atoms with Gasteiger partial charge >= 0.3 is 0 Å². The van der Waals surface area contributed by atoms with Crippen molar-refractivity contribution in [3.8, 4) is 5.75 Å². The molecule has 0 unspecified atom stereocenters. The van der Waals surface area contributed by atoms with E-state index in [0.29, 0.717) is 25.5 Å². The van der Waals surface area contributed by atoms with Crippen molar-refractivity contribution in [1.82, 2.24) is 15.5 Å². The first-order chi connectivity index (χ1) is 13.6. The average Bonchev–Trinajstić information content (AvgIpc) is 2.89. The summed E-state index contributed by atoms with van der Waals surface area (Å²) in [4.78, 5) is 18.8. The predicted molar refractivity (Wildman–Crippen MR) is 115 cm³/mol. The van der Waals surface area contributed by atoms with E-state index in [1.807, 2.05) is 17.9 Å². The van der Waals surface area contributed by atoms with Gasteiger partial charge in [0.25, 0.3) is 0 Å². The molecular weight excluding hydrogens is 352 g/mol. The van der Waals surface area contributed by atoms with Crippen molar-refractivity contribution in [2.75, 3.05) is 32.8 Å². The minimum absolute atomic E-state index is 0.309. The Morgan fingerprint density at radius 3 is 2.82 bits per heavy atom. The number of carbonyl (C=O) groups is 1. The molecule has 1 amide bonds. The van der Waals surface area contributed by atoms with Gasteiger partial charge in [-0.3, -0.25) is 4.79 Å². The molecule has 6 nitrogen and oxygen atoms in total. The first-order valence-electron chi connectivity index (χ1n) is 10.7. The number of rotatable bonds is 9. The predicted octanol–water partition coefficient (Wildman–Crippen LogP) is 3.24. The van der Waals surface area contributed by atoms with Crippen LogP contribution < -0.4 is 15.4 Å². The zero-order chi connectivity index (χ0) is 20.2. The third-order valence-corrected chi connectivity index (χ3v) is 4.87. The number of ether oxygens (including phenoxy) is 1. The maximum Gasteiger partial charge on any atom is 0.222 e. The third kappa shape index (κ3) is 7.41. The molecule has 156 valence electrons. The maximum absolute atomic E-state index is 12.1. The van der Waals surface area contributed by atoms with E-state index >= 15 is 0 Å². The fourth-order valence-corrected chi connectivity index (χ4v) is 3.39. The van der Waals surface area contributed by atoms with Gasteiger partial charge in [0.2, 0.25) is 5.91 Å². The number of aliphatic imine (C=N–C) groups is 1. The monoisotopic (exact) mass is 388 g/mol. The minimum atomic E-state index is 0.309. The number of nitrogens with zero attached hydrogens (tertiary/aromatic N) is 2. The van der Waals surface area contributed by atoms with Gasteiger partial charge in [-0.2, -0.15) is 0 Å². The molecule has 1 aliphatic rings. The number of guanidine groups is 1. The van der Waals surface area contributed by atoms with Crippen LogP contribution in [0.4, 0.5) is 0 Å². The van der Waals surface area contributed by atoms with Gasteiger partial charge in [0.15, 0.2) is 5.96 Å². The highest BCUT2D eigenvalue weighted by Gasteiger charge is 2.15. The molecule has 28 heavy (non-hydrogen) atoms. The van der Waals surface area contributed by atoms with Crippen LogP contribution in [0, 0.1) is 6.92 Å². The van der Waals surface area contributed by atoms with Crippen LogP contribution in [0.2, 0.25) is 0 Å². The Morgan fingerprint density at radius 1 is 1.21 bits per heavy atom. The Balaban J connectivity index is 1.81. The minimum Gasteiger partial charge on any atom is -0.494 e. The largest absolute Gasteiger partial charge is 0.494 e. The van der Waals surface area contributed by atoms with E-state index in [0.717, 1.165) is 68.3 Å². The number of aryl methyl sites for hydroxylation is 1. The molecular formula is C22H36N4O2. The highest BCUT2D eigenvalue weighted by atomic mass is 16.5. The highest BCUT2D eigenvalue weighted by molar-refractivity contribution is 5.79. The fourth-order valence-electron chi connectivity index (χ4n) is 3.39. The molecule has 0 bridgehead atoms. The molecule has 6 heteroatoms. The second-order valence-electron chi connectivity index (χ2n) is 7.20. The number of likely N-dealkylation sites (tertiary alicyclic amines) is 1. The summed E-state index contributed by atoms with van der Waals surface area (Å²) in [6.45, 7) is 10.8. The molecule has 2 rings (SSSR count). The van der Waals surface area contributed by atoms with E-state index in [4.69, 9.17) is 4.74 Å². The fraction of sp³-hybridized carbons (Fsp3) is 0.636. The van der Waals surface area contributed by atoms with Gasteiger partial charge in [0, 0.05) is 32.6 Å². The lowest BCUT2D eigenvalue weighted by Gasteiger charge is -2.20. The van der Waals surface area contributed by atoms with E-state index in [-0.39, 0.29) is 0 Å². The number of nitrogens with one attached hydrogen (secondary N) is 2. The van der Waals surface area contributed by atoms with Gasteiger partial charge in [0.1, 0.15) is 5.75 Å². The highest BCUT2D eigenvalue weighted by Crippen LogP contribution is 2.19. The molecule has 1 aliphatic heterocycles. The van der Waals surface area contributed by atoms with Gasteiger partial charge in [0.05, 0.1) is 13.2 Å². The van der Waals surface area contributed by atoms with Crippen molar-refractivity contribution < 1.29 is 9.53 Å². The van der Waals surface area contributed by atoms with E-state index in [1.165, 1.54) is 6.42 Å². The first kappa shape index (κ1) is 22.1. The molecule has 1 aromatic carbocycles. The standard InChI is InChI=1S/C22H36N4O2/c1-4-23-22(24-13-9-15-26-14-8-6-7-10-21(26)27)25-17-19-11-12-20(28-5-2)18(3)16-19/h11-12,16H,4-10,13-15,17H2,1-3H3,(H2,23,24,25). The van der Waals surface area contributed by atoms with Gasteiger partial charge in [-0.25, -0.2) is 4.99 Å². The molecule has 0 atom stereocenters. The van der Waals surface area contributed by atoms with Crippen LogP contribution in [-0.4, -0.2) is 49.6 Å². The molecule has 1 fully saturated rings. The van der Waals surface area contributed by atoms with Crippen molar-refractivity contribution >= 4 is 11.9 Å². The summed E-state index contributed by atoms with van der Waals surface area (Å²) in [6.07, 6.45) is 4.97. The van der Waals surface area contributed by atoms with Crippen LogP contribution in [0.15, 0.2) is 23.2 Å². The summed E-state index contributed by atoms with van der Waals surface area (Å²) in [5.74, 6) is 2.06. The normalized spacial score (nSPS) is 15.3. The molecule has 0 aromatic heterocycles. The summed E-state index contributed by atoms with van der Waals surface area (Å²) in [5, 5.41) is 6.67. The molecule has 1 saturated heterocycles. The van der Waals surface area contributed by atoms with E-state index in [9.17, 15) is 4.79 Å². The molecule has 0 saturated carbocycles. The van der Waals surface area contributed by atoms with Crippen LogP contribution >= 0.6 is 0 Å². The smallest absolute Gasteiger partial charge is 0.222 e. The Labute approximate surface area is 169 Å². The van der Waals surface area contributed by atoms with Crippen LogP contribution in [0.1, 0.15) is 57.1 Å². The van der Waals surface area contributed by atoms with Crippen molar-refractivity contribution in [1.29, 1.82) is 0 Å². The topological polar surface area (TPSA) is 66.0 Å². The molecule has 2 N–H and O–H groups in total. The summed E-state index contributed by atoms with van der Waals surface area (Å²) in [6, 6.07) is 6.21. The van der Waals surface area contributed by atoms with Crippen molar-refractivity contribution in [2.24, 2.45) is 4.99 Å². The van der Waals surface area contributed by atoms with E-state index in [1.54, 1.807) is 0 Å².